The largest absolute Gasteiger partial charge is 0.508 e. The number of phenolic OH excluding ortho intramolecular Hbond substituents is 1. The summed E-state index contributed by atoms with van der Waals surface area (Å²) in [5, 5.41) is 9.24. The minimum Gasteiger partial charge on any atom is -0.508 e. The number of carbonyl (C=O) groups is 1. The molecule has 0 aromatic heterocycles. The molecule has 0 aliphatic carbocycles. The van der Waals surface area contributed by atoms with Gasteiger partial charge in [-0.15, -0.1) is 0 Å². The molecular weight excluding hydrogens is 212 g/mol. The number of carbonyl (C=O) groups excluding carboxylic acids is 1. The molecule has 0 fully saturated rings. The Kier molecular flexibility index (Phi) is 3.24. The van der Waals surface area contributed by atoms with Gasteiger partial charge >= 0.3 is 0 Å². The van der Waals surface area contributed by atoms with Gasteiger partial charge in [0.2, 0.25) is 0 Å². The average molecular weight is 226 g/mol. The maximum absolute atomic E-state index is 10.7. The number of rotatable bonds is 3. The number of phenols is 1. The summed E-state index contributed by atoms with van der Waals surface area (Å²) >= 11 is 0. The highest BCUT2D eigenvalue weighted by Gasteiger charge is 2.08. The molecule has 86 valence electrons. The van der Waals surface area contributed by atoms with Crippen LogP contribution in [-0.2, 0) is 0 Å². The molecule has 1 atom stereocenters. The van der Waals surface area contributed by atoms with E-state index in [1.165, 1.54) is 0 Å². The molecule has 17 heavy (non-hydrogen) atoms. The van der Waals surface area contributed by atoms with Crippen molar-refractivity contribution in [3.63, 3.8) is 0 Å². The first-order valence-corrected chi connectivity index (χ1v) is 5.55. The molecule has 2 aromatic carbocycles. The van der Waals surface area contributed by atoms with Gasteiger partial charge in [0.15, 0.2) is 0 Å². The molecule has 0 aliphatic heterocycles. The van der Waals surface area contributed by atoms with Gasteiger partial charge in [0.1, 0.15) is 12.0 Å². The number of hydrogen-bond donors (Lipinski definition) is 1. The standard InChI is InChI=1S/C15H14O2/c1-11(13-5-7-15(17)8-6-13)14-4-2-3-12(9-14)10-16/h2-11,17H,1H3. The van der Waals surface area contributed by atoms with Crippen molar-refractivity contribution in [2.75, 3.05) is 0 Å². The van der Waals surface area contributed by atoms with E-state index >= 15 is 0 Å². The predicted octanol–water partition coefficient (Wildman–Crippen LogP) is 3.36. The second-order valence-corrected chi connectivity index (χ2v) is 4.10. The summed E-state index contributed by atoms with van der Waals surface area (Å²) in [6, 6.07) is 14.7. The van der Waals surface area contributed by atoms with Gasteiger partial charge in [0.25, 0.3) is 0 Å². The molecule has 1 unspecified atom stereocenters. The zero-order valence-electron chi connectivity index (χ0n) is 9.63. The van der Waals surface area contributed by atoms with Crippen LogP contribution in [-0.4, -0.2) is 11.4 Å². The van der Waals surface area contributed by atoms with Gasteiger partial charge in [-0.2, -0.15) is 0 Å². The lowest BCUT2D eigenvalue weighted by atomic mass is 9.92. The first-order valence-electron chi connectivity index (χ1n) is 5.55. The summed E-state index contributed by atoms with van der Waals surface area (Å²) in [4.78, 5) is 10.7. The topological polar surface area (TPSA) is 37.3 Å². The van der Waals surface area contributed by atoms with Gasteiger partial charge in [-0.1, -0.05) is 37.3 Å². The van der Waals surface area contributed by atoms with Crippen molar-refractivity contribution in [1.82, 2.24) is 0 Å². The highest BCUT2D eigenvalue weighted by molar-refractivity contribution is 5.75. The van der Waals surface area contributed by atoms with Gasteiger partial charge in [-0.25, -0.2) is 0 Å². The maximum Gasteiger partial charge on any atom is 0.150 e. The van der Waals surface area contributed by atoms with Crippen LogP contribution in [0.1, 0.15) is 34.3 Å². The van der Waals surface area contributed by atoms with Gasteiger partial charge < -0.3 is 5.11 Å². The predicted molar refractivity (Wildman–Crippen MR) is 67.5 cm³/mol. The van der Waals surface area contributed by atoms with Crippen molar-refractivity contribution in [3.8, 4) is 5.75 Å². The van der Waals surface area contributed by atoms with Crippen molar-refractivity contribution in [2.24, 2.45) is 0 Å². The fourth-order valence-electron chi connectivity index (χ4n) is 1.86. The normalized spacial score (nSPS) is 12.1. The third-order valence-corrected chi connectivity index (χ3v) is 2.94. The monoisotopic (exact) mass is 226 g/mol. The fourth-order valence-corrected chi connectivity index (χ4v) is 1.86. The van der Waals surface area contributed by atoms with Crippen LogP contribution in [0, 0.1) is 0 Å². The Morgan fingerprint density at radius 2 is 1.76 bits per heavy atom. The molecule has 2 rings (SSSR count). The molecule has 0 bridgehead atoms. The Hall–Kier alpha value is -2.09. The summed E-state index contributed by atoms with van der Waals surface area (Å²) < 4.78 is 0. The Morgan fingerprint density at radius 1 is 1.06 bits per heavy atom. The van der Waals surface area contributed by atoms with Crippen LogP contribution in [0.25, 0.3) is 0 Å². The molecule has 0 saturated carbocycles. The Morgan fingerprint density at radius 3 is 2.41 bits per heavy atom. The van der Waals surface area contributed by atoms with E-state index in [0.717, 1.165) is 17.4 Å². The maximum atomic E-state index is 10.7. The molecule has 0 saturated heterocycles. The minimum absolute atomic E-state index is 0.204. The molecule has 0 aliphatic rings. The van der Waals surface area contributed by atoms with Gasteiger partial charge in [0, 0.05) is 11.5 Å². The zero-order chi connectivity index (χ0) is 12.3. The highest BCUT2D eigenvalue weighted by atomic mass is 16.3. The third kappa shape index (κ3) is 2.53. The fraction of sp³-hybridized carbons (Fsp3) is 0.133. The van der Waals surface area contributed by atoms with Crippen molar-refractivity contribution < 1.29 is 9.90 Å². The zero-order valence-corrected chi connectivity index (χ0v) is 9.63. The molecule has 2 heteroatoms. The van der Waals surface area contributed by atoms with Crippen molar-refractivity contribution in [1.29, 1.82) is 0 Å². The summed E-state index contributed by atoms with van der Waals surface area (Å²) in [6.45, 7) is 2.08. The van der Waals surface area contributed by atoms with Crippen LogP contribution in [0.2, 0.25) is 0 Å². The van der Waals surface area contributed by atoms with E-state index in [0.29, 0.717) is 5.56 Å². The second kappa shape index (κ2) is 4.83. The summed E-state index contributed by atoms with van der Waals surface area (Å²) in [5.41, 5.74) is 2.90. The quantitative estimate of drug-likeness (QED) is 0.815. The lowest BCUT2D eigenvalue weighted by Gasteiger charge is -2.12. The molecule has 0 heterocycles. The van der Waals surface area contributed by atoms with E-state index in [9.17, 15) is 9.90 Å². The lowest BCUT2D eigenvalue weighted by Crippen LogP contribution is -1.96. The third-order valence-electron chi connectivity index (χ3n) is 2.94. The number of aldehydes is 1. The van der Waals surface area contributed by atoms with Gasteiger partial charge in [-0.3, -0.25) is 4.79 Å². The van der Waals surface area contributed by atoms with Crippen LogP contribution >= 0.6 is 0 Å². The Labute approximate surface area is 101 Å². The summed E-state index contributed by atoms with van der Waals surface area (Å²) in [6.07, 6.45) is 0.854. The van der Waals surface area contributed by atoms with E-state index in [1.807, 2.05) is 30.3 Å². The number of hydrogen-bond acceptors (Lipinski definition) is 2. The van der Waals surface area contributed by atoms with E-state index in [4.69, 9.17) is 0 Å². The summed E-state index contributed by atoms with van der Waals surface area (Å²) in [7, 11) is 0. The number of benzene rings is 2. The van der Waals surface area contributed by atoms with E-state index < -0.39 is 0 Å². The number of aromatic hydroxyl groups is 1. The Balaban J connectivity index is 2.32. The lowest BCUT2D eigenvalue weighted by molar-refractivity contribution is 0.112. The minimum atomic E-state index is 0.204. The van der Waals surface area contributed by atoms with Gasteiger partial charge in [0.05, 0.1) is 0 Å². The molecule has 2 nitrogen and oxygen atoms in total. The van der Waals surface area contributed by atoms with Gasteiger partial charge in [-0.05, 0) is 29.3 Å². The SMILES string of the molecule is CC(c1ccc(O)cc1)c1cccc(C=O)c1. The van der Waals surface area contributed by atoms with Crippen LogP contribution in [0.5, 0.6) is 5.75 Å². The van der Waals surface area contributed by atoms with Crippen LogP contribution in [0.3, 0.4) is 0 Å². The summed E-state index contributed by atoms with van der Waals surface area (Å²) in [5.74, 6) is 0.470. The van der Waals surface area contributed by atoms with Crippen molar-refractivity contribution in [3.05, 3.63) is 65.2 Å². The van der Waals surface area contributed by atoms with Crippen LogP contribution in [0.4, 0.5) is 0 Å². The van der Waals surface area contributed by atoms with Crippen molar-refractivity contribution in [2.45, 2.75) is 12.8 Å². The molecule has 0 spiro atoms. The smallest absolute Gasteiger partial charge is 0.150 e. The van der Waals surface area contributed by atoms with Crippen molar-refractivity contribution >= 4 is 6.29 Å². The van der Waals surface area contributed by atoms with E-state index in [2.05, 4.69) is 6.92 Å². The first-order chi connectivity index (χ1) is 8.20. The van der Waals surface area contributed by atoms with Crippen LogP contribution < -0.4 is 0 Å². The Bertz CT molecular complexity index is 515. The molecule has 0 amide bonds. The molecule has 0 radical (unpaired) electrons. The molecular formula is C15H14O2. The molecule has 2 aromatic rings. The van der Waals surface area contributed by atoms with Crippen LogP contribution in [0.15, 0.2) is 48.5 Å². The van der Waals surface area contributed by atoms with E-state index in [1.54, 1.807) is 18.2 Å². The second-order valence-electron chi connectivity index (χ2n) is 4.10. The first kappa shape index (κ1) is 11.4. The molecule has 1 N–H and O–H groups in total. The highest BCUT2D eigenvalue weighted by Crippen LogP contribution is 2.25. The van der Waals surface area contributed by atoms with E-state index in [-0.39, 0.29) is 11.7 Å². The average Bonchev–Trinajstić information content (AvgIpc) is 2.39.